The number of hydrogen-bond donors (Lipinski definition) is 3. The van der Waals surface area contributed by atoms with Crippen molar-refractivity contribution in [2.75, 3.05) is 12.4 Å². The molecule has 31 heavy (non-hydrogen) atoms. The van der Waals surface area contributed by atoms with Crippen LogP contribution in [0.25, 0.3) is 0 Å². The Balaban J connectivity index is 2.20. The molecule has 3 N–H and O–H groups in total. The van der Waals surface area contributed by atoms with Crippen LogP contribution in [0.2, 0.25) is 5.02 Å². The van der Waals surface area contributed by atoms with Crippen LogP contribution in [0.3, 0.4) is 0 Å². The molecule has 0 saturated carbocycles. The van der Waals surface area contributed by atoms with Crippen molar-refractivity contribution in [3.05, 3.63) is 53.1 Å². The van der Waals surface area contributed by atoms with Gasteiger partial charge in [0.25, 0.3) is 21.8 Å². The molecule has 8 nitrogen and oxygen atoms in total. The molecule has 0 saturated heterocycles. The molecule has 2 amide bonds. The smallest absolute Gasteiger partial charge is 0.426 e. The summed E-state index contributed by atoms with van der Waals surface area (Å²) in [6.45, 7) is 0.254. The molecule has 2 aromatic rings. The molecule has 0 bridgehead atoms. The van der Waals surface area contributed by atoms with Crippen LogP contribution in [-0.4, -0.2) is 44.2 Å². The van der Waals surface area contributed by atoms with Crippen LogP contribution in [-0.2, 0) is 14.8 Å². The zero-order chi connectivity index (χ0) is 23.6. The van der Waals surface area contributed by atoms with Crippen LogP contribution in [0.15, 0.2) is 47.4 Å². The molecule has 0 aliphatic heterocycles. The van der Waals surface area contributed by atoms with E-state index in [1.807, 2.05) is 4.72 Å². The Bertz CT molecular complexity index is 1100. The maximum absolute atomic E-state index is 12.7. The number of amides is 2. The average molecular weight is 481 g/mol. The number of aliphatic hydroxyl groups is 1. The van der Waals surface area contributed by atoms with Crippen molar-refractivity contribution in [2.24, 2.45) is 0 Å². The molecule has 0 unspecified atom stereocenters. The van der Waals surface area contributed by atoms with Crippen LogP contribution >= 0.6 is 11.6 Å². The molecule has 0 heterocycles. The van der Waals surface area contributed by atoms with Gasteiger partial charge in [0.05, 0.1) is 22.7 Å². The summed E-state index contributed by atoms with van der Waals surface area (Å²) in [7, 11) is -2.98. The summed E-state index contributed by atoms with van der Waals surface area (Å²) in [6.07, 6.45) is -5.25. The van der Waals surface area contributed by atoms with Crippen LogP contribution in [0.5, 0.6) is 5.75 Å². The predicted molar refractivity (Wildman–Crippen MR) is 104 cm³/mol. The van der Waals surface area contributed by atoms with Gasteiger partial charge < -0.3 is 15.2 Å². The quantitative estimate of drug-likeness (QED) is 0.584. The molecule has 0 radical (unpaired) electrons. The van der Waals surface area contributed by atoms with Gasteiger partial charge in [-0.2, -0.15) is 13.2 Å². The highest BCUT2D eigenvalue weighted by Crippen LogP contribution is 2.32. The van der Waals surface area contributed by atoms with E-state index in [2.05, 4.69) is 0 Å². The topological polar surface area (TPSA) is 122 Å². The fourth-order valence-electron chi connectivity index (χ4n) is 2.12. The number of carbonyl (C=O) groups is 2. The SMILES string of the molecule is COc1ccc(C(=O)NS(=O)(=O)c2ccc(NC(=O)[C@@](C)(O)C(F)(F)F)c(Cl)c2)cc1. The molecule has 0 aliphatic rings. The number of methoxy groups -OCH3 is 1. The summed E-state index contributed by atoms with van der Waals surface area (Å²) in [4.78, 5) is 23.4. The van der Waals surface area contributed by atoms with Gasteiger partial charge in [0.1, 0.15) is 5.75 Å². The number of rotatable bonds is 6. The lowest BCUT2D eigenvalue weighted by Crippen LogP contribution is -2.52. The third kappa shape index (κ3) is 5.46. The van der Waals surface area contributed by atoms with Gasteiger partial charge in [-0.25, -0.2) is 13.1 Å². The van der Waals surface area contributed by atoms with Crippen LogP contribution in [0.4, 0.5) is 18.9 Å². The number of alkyl halides is 3. The van der Waals surface area contributed by atoms with E-state index in [1.165, 1.54) is 31.4 Å². The van der Waals surface area contributed by atoms with E-state index in [0.717, 1.165) is 18.2 Å². The normalized spacial score (nSPS) is 13.8. The van der Waals surface area contributed by atoms with Crippen LogP contribution in [0.1, 0.15) is 17.3 Å². The molecule has 168 valence electrons. The summed E-state index contributed by atoms with van der Waals surface area (Å²) < 4.78 is 69.8. The molecule has 13 heteroatoms. The number of ether oxygens (including phenoxy) is 1. The van der Waals surface area contributed by atoms with Gasteiger partial charge in [-0.05, 0) is 49.4 Å². The number of benzene rings is 2. The minimum absolute atomic E-state index is 0.0220. The molecular weight excluding hydrogens is 465 g/mol. The third-order valence-electron chi connectivity index (χ3n) is 4.07. The van der Waals surface area contributed by atoms with E-state index in [4.69, 9.17) is 16.3 Å². The Labute approximate surface area is 180 Å². The van der Waals surface area contributed by atoms with E-state index in [9.17, 15) is 36.3 Å². The van der Waals surface area contributed by atoms with Crippen LogP contribution in [0, 0.1) is 0 Å². The number of anilines is 1. The van der Waals surface area contributed by atoms with E-state index in [1.54, 1.807) is 5.32 Å². The Morgan fingerprint density at radius 3 is 2.16 bits per heavy atom. The first kappa shape index (κ1) is 24.4. The minimum atomic E-state index is -5.25. The molecule has 0 aliphatic carbocycles. The average Bonchev–Trinajstić information content (AvgIpc) is 2.68. The van der Waals surface area contributed by atoms with Crippen LogP contribution < -0.4 is 14.8 Å². The molecular formula is C18H16ClF3N2O6S. The number of sulfonamides is 1. The number of nitrogens with one attached hydrogen (secondary N) is 2. The van der Waals surface area contributed by atoms with E-state index in [0.29, 0.717) is 5.75 Å². The van der Waals surface area contributed by atoms with Crippen molar-refractivity contribution in [2.45, 2.75) is 23.6 Å². The third-order valence-corrected chi connectivity index (χ3v) is 5.71. The van der Waals surface area contributed by atoms with Gasteiger partial charge in [0, 0.05) is 5.56 Å². The molecule has 0 spiro atoms. The van der Waals surface area contributed by atoms with Gasteiger partial charge in [-0.3, -0.25) is 9.59 Å². The number of halogens is 4. The summed E-state index contributed by atoms with van der Waals surface area (Å²) in [5, 5.41) is 10.7. The van der Waals surface area contributed by atoms with Crippen molar-refractivity contribution < 1.29 is 41.0 Å². The molecule has 0 aromatic heterocycles. The first-order valence-electron chi connectivity index (χ1n) is 8.30. The lowest BCUT2D eigenvalue weighted by Gasteiger charge is -2.25. The first-order chi connectivity index (χ1) is 14.2. The Hall–Kier alpha value is -2.83. The highest BCUT2D eigenvalue weighted by Gasteiger charge is 2.55. The number of carbonyl (C=O) groups excluding carboxylic acids is 2. The van der Waals surface area contributed by atoms with E-state index in [-0.39, 0.29) is 18.2 Å². The highest BCUT2D eigenvalue weighted by atomic mass is 35.5. The molecule has 2 aromatic carbocycles. The first-order valence-corrected chi connectivity index (χ1v) is 10.2. The maximum Gasteiger partial charge on any atom is 0.426 e. The predicted octanol–water partition coefficient (Wildman–Crippen LogP) is 2.72. The van der Waals surface area contributed by atoms with Crippen molar-refractivity contribution in [1.29, 1.82) is 0 Å². The van der Waals surface area contributed by atoms with Crippen molar-refractivity contribution in [3.8, 4) is 5.75 Å². The number of hydrogen-bond acceptors (Lipinski definition) is 6. The Morgan fingerprint density at radius 2 is 1.68 bits per heavy atom. The van der Waals surface area contributed by atoms with E-state index >= 15 is 0 Å². The second kappa shape index (κ2) is 8.73. The molecule has 1 atom stereocenters. The largest absolute Gasteiger partial charge is 0.497 e. The summed E-state index contributed by atoms with van der Waals surface area (Å²) in [5.41, 5.74) is -4.06. The zero-order valence-electron chi connectivity index (χ0n) is 16.0. The fourth-order valence-corrected chi connectivity index (χ4v) is 3.41. The summed E-state index contributed by atoms with van der Waals surface area (Å²) in [6, 6.07) is 8.22. The maximum atomic E-state index is 12.7. The van der Waals surface area contributed by atoms with Gasteiger partial charge in [0.15, 0.2) is 0 Å². The fraction of sp³-hybridized carbons (Fsp3) is 0.222. The van der Waals surface area contributed by atoms with Crippen molar-refractivity contribution >= 4 is 39.1 Å². The standard InChI is InChI=1S/C18H16ClF3N2O6S/c1-17(27,18(20,21)22)16(26)23-14-8-7-12(9-13(14)19)31(28,29)24-15(25)10-3-5-11(30-2)6-4-10/h3-9,27H,1-2H3,(H,23,26)(H,24,25)/t17-/m1/s1. The second-order valence-corrected chi connectivity index (χ2v) is 8.42. The van der Waals surface area contributed by atoms with Gasteiger partial charge >= 0.3 is 6.18 Å². The van der Waals surface area contributed by atoms with E-state index < -0.39 is 43.5 Å². The van der Waals surface area contributed by atoms with Gasteiger partial charge in [0.2, 0.25) is 5.60 Å². The lowest BCUT2D eigenvalue weighted by molar-refractivity contribution is -0.242. The van der Waals surface area contributed by atoms with Gasteiger partial charge in [-0.15, -0.1) is 0 Å². The summed E-state index contributed by atoms with van der Waals surface area (Å²) >= 11 is 5.86. The Morgan fingerprint density at radius 1 is 1.10 bits per heavy atom. The van der Waals surface area contributed by atoms with Crippen molar-refractivity contribution in [3.63, 3.8) is 0 Å². The minimum Gasteiger partial charge on any atom is -0.497 e. The van der Waals surface area contributed by atoms with Crippen molar-refractivity contribution in [1.82, 2.24) is 4.72 Å². The zero-order valence-corrected chi connectivity index (χ0v) is 17.5. The molecule has 2 rings (SSSR count). The Kier molecular flexibility index (Phi) is 6.88. The molecule has 0 fully saturated rings. The monoisotopic (exact) mass is 480 g/mol. The summed E-state index contributed by atoms with van der Waals surface area (Å²) in [5.74, 6) is -2.31. The van der Waals surface area contributed by atoms with Gasteiger partial charge in [-0.1, -0.05) is 11.6 Å². The highest BCUT2D eigenvalue weighted by molar-refractivity contribution is 7.90. The second-order valence-electron chi connectivity index (χ2n) is 6.33. The lowest BCUT2D eigenvalue weighted by atomic mass is 10.1.